The fourth-order valence-electron chi connectivity index (χ4n) is 1.43. The van der Waals surface area contributed by atoms with E-state index < -0.39 is 0 Å². The highest BCUT2D eigenvalue weighted by Crippen LogP contribution is 2.07. The fraction of sp³-hybridized carbons (Fsp3) is 0.0769. The van der Waals surface area contributed by atoms with E-state index in [1.54, 1.807) is 0 Å². The second kappa shape index (κ2) is 5.61. The van der Waals surface area contributed by atoms with Crippen LogP contribution < -0.4 is 17.0 Å². The molecule has 0 unspecified atom stereocenters. The molecule has 0 fully saturated rings. The van der Waals surface area contributed by atoms with Crippen molar-refractivity contribution in [3.8, 4) is 0 Å². The topological polar surface area (TPSA) is 0 Å². The van der Waals surface area contributed by atoms with Gasteiger partial charge >= 0.3 is 0 Å². The molecule has 0 bridgehead atoms. The van der Waals surface area contributed by atoms with Crippen LogP contribution in [0.5, 0.6) is 0 Å². The van der Waals surface area contributed by atoms with Gasteiger partial charge in [0.1, 0.15) is 0 Å². The van der Waals surface area contributed by atoms with Gasteiger partial charge in [-0.05, 0) is 17.5 Å². The number of halogens is 1. The standard InChI is InChI=1S/C13H12.BrH/c1-3-7-12(8-4-1)11-13-9-5-2-6-10-13;/h1-10H,11H2;1H/p-1. The first kappa shape index (κ1) is 11.0. The van der Waals surface area contributed by atoms with Gasteiger partial charge in [0.05, 0.1) is 0 Å². The summed E-state index contributed by atoms with van der Waals surface area (Å²) in [5.41, 5.74) is 2.74. The monoisotopic (exact) mass is 247 g/mol. The van der Waals surface area contributed by atoms with Crippen molar-refractivity contribution >= 4 is 0 Å². The zero-order valence-electron chi connectivity index (χ0n) is 7.86. The molecule has 0 aliphatic carbocycles. The lowest BCUT2D eigenvalue weighted by Gasteiger charge is -2.00. The van der Waals surface area contributed by atoms with Crippen LogP contribution in [0.15, 0.2) is 60.7 Å². The van der Waals surface area contributed by atoms with E-state index in [-0.39, 0.29) is 17.0 Å². The molecule has 0 aliphatic heterocycles. The first-order valence-electron chi connectivity index (χ1n) is 4.53. The van der Waals surface area contributed by atoms with Gasteiger partial charge in [-0.1, -0.05) is 60.7 Å². The van der Waals surface area contributed by atoms with Crippen LogP contribution in [0.25, 0.3) is 0 Å². The molecule has 0 aromatic heterocycles. The van der Waals surface area contributed by atoms with E-state index in [4.69, 9.17) is 0 Å². The summed E-state index contributed by atoms with van der Waals surface area (Å²) in [6.07, 6.45) is 1.03. The Bertz CT molecular complexity index is 316. The summed E-state index contributed by atoms with van der Waals surface area (Å²) < 4.78 is 0. The van der Waals surface area contributed by atoms with E-state index in [9.17, 15) is 0 Å². The van der Waals surface area contributed by atoms with Gasteiger partial charge in [0.2, 0.25) is 0 Å². The third-order valence-electron chi connectivity index (χ3n) is 2.09. The zero-order valence-corrected chi connectivity index (χ0v) is 9.44. The molecule has 2 aromatic rings. The van der Waals surface area contributed by atoms with Gasteiger partial charge in [-0.15, -0.1) is 0 Å². The normalized spacial score (nSPS) is 9.14. The van der Waals surface area contributed by atoms with Gasteiger partial charge < -0.3 is 17.0 Å². The van der Waals surface area contributed by atoms with Crippen LogP contribution in [-0.4, -0.2) is 0 Å². The highest BCUT2D eigenvalue weighted by molar-refractivity contribution is 5.25. The molecule has 72 valence electrons. The van der Waals surface area contributed by atoms with Gasteiger partial charge in [0.15, 0.2) is 0 Å². The third-order valence-corrected chi connectivity index (χ3v) is 2.09. The van der Waals surface area contributed by atoms with Gasteiger partial charge in [-0.2, -0.15) is 0 Å². The molecule has 1 heteroatoms. The number of hydrogen-bond acceptors (Lipinski definition) is 0. The van der Waals surface area contributed by atoms with Crippen LogP contribution in [0, 0.1) is 0 Å². The molecule has 0 atom stereocenters. The van der Waals surface area contributed by atoms with Gasteiger partial charge in [0, 0.05) is 0 Å². The maximum atomic E-state index is 2.16. The molecule has 0 spiro atoms. The lowest BCUT2D eigenvalue weighted by Crippen LogP contribution is -3.00. The summed E-state index contributed by atoms with van der Waals surface area (Å²) >= 11 is 0. The summed E-state index contributed by atoms with van der Waals surface area (Å²) in [6.45, 7) is 0. The van der Waals surface area contributed by atoms with Crippen molar-refractivity contribution in [3.63, 3.8) is 0 Å². The Morgan fingerprint density at radius 2 is 0.929 bits per heavy atom. The predicted molar refractivity (Wildman–Crippen MR) is 55.7 cm³/mol. The van der Waals surface area contributed by atoms with Gasteiger partial charge in [-0.3, -0.25) is 0 Å². The van der Waals surface area contributed by atoms with Gasteiger partial charge in [-0.25, -0.2) is 0 Å². The SMILES string of the molecule is [Br-].c1ccc(Cc2ccccc2)cc1. The minimum Gasteiger partial charge on any atom is -1.00 e. The van der Waals surface area contributed by atoms with Crippen molar-refractivity contribution in [2.45, 2.75) is 6.42 Å². The molecule has 14 heavy (non-hydrogen) atoms. The quantitative estimate of drug-likeness (QED) is 0.716. The van der Waals surface area contributed by atoms with Crippen molar-refractivity contribution in [2.75, 3.05) is 0 Å². The number of benzene rings is 2. The average Bonchev–Trinajstić information content (AvgIpc) is 2.21. The molecular formula is C13H12Br-. The Morgan fingerprint density at radius 3 is 1.29 bits per heavy atom. The van der Waals surface area contributed by atoms with E-state index in [0.717, 1.165) is 6.42 Å². The summed E-state index contributed by atoms with van der Waals surface area (Å²) in [5, 5.41) is 0. The first-order valence-corrected chi connectivity index (χ1v) is 4.53. The van der Waals surface area contributed by atoms with Crippen LogP contribution >= 0.6 is 0 Å². The summed E-state index contributed by atoms with van der Waals surface area (Å²) in [4.78, 5) is 0. The van der Waals surface area contributed by atoms with Crippen molar-refractivity contribution in [1.29, 1.82) is 0 Å². The average molecular weight is 248 g/mol. The summed E-state index contributed by atoms with van der Waals surface area (Å²) in [7, 11) is 0. The number of rotatable bonds is 2. The Balaban J connectivity index is 0.000000980. The van der Waals surface area contributed by atoms with E-state index in [1.807, 2.05) is 0 Å². The Morgan fingerprint density at radius 1 is 0.571 bits per heavy atom. The maximum absolute atomic E-state index is 2.16. The molecule has 0 nitrogen and oxygen atoms in total. The molecule has 0 amide bonds. The van der Waals surface area contributed by atoms with Crippen LogP contribution in [0.2, 0.25) is 0 Å². The van der Waals surface area contributed by atoms with E-state index in [1.165, 1.54) is 11.1 Å². The van der Waals surface area contributed by atoms with E-state index in [2.05, 4.69) is 60.7 Å². The molecule has 2 aromatic carbocycles. The smallest absolute Gasteiger partial charge is 0.00258 e. The Hall–Kier alpha value is -1.08. The first-order chi connectivity index (χ1) is 6.45. The minimum atomic E-state index is 0. The largest absolute Gasteiger partial charge is 1.00 e. The Kier molecular flexibility index (Phi) is 4.41. The lowest BCUT2D eigenvalue weighted by atomic mass is 10.1. The second-order valence-electron chi connectivity index (χ2n) is 3.15. The lowest BCUT2D eigenvalue weighted by molar-refractivity contribution is -0.00000260. The fourth-order valence-corrected chi connectivity index (χ4v) is 1.43. The van der Waals surface area contributed by atoms with Crippen molar-refractivity contribution in [3.05, 3.63) is 71.8 Å². The molecule has 2 rings (SSSR count). The predicted octanol–water partition coefficient (Wildman–Crippen LogP) is 0.281. The molecule has 0 aliphatic rings. The van der Waals surface area contributed by atoms with Gasteiger partial charge in [0.25, 0.3) is 0 Å². The van der Waals surface area contributed by atoms with Crippen molar-refractivity contribution < 1.29 is 17.0 Å². The summed E-state index contributed by atoms with van der Waals surface area (Å²) in [6, 6.07) is 21.1. The van der Waals surface area contributed by atoms with Crippen molar-refractivity contribution in [2.24, 2.45) is 0 Å². The minimum absolute atomic E-state index is 0. The summed E-state index contributed by atoms with van der Waals surface area (Å²) in [5.74, 6) is 0. The molecular weight excluding hydrogens is 236 g/mol. The second-order valence-corrected chi connectivity index (χ2v) is 3.15. The molecule has 0 saturated heterocycles. The highest BCUT2D eigenvalue weighted by Gasteiger charge is 1.92. The van der Waals surface area contributed by atoms with Crippen LogP contribution in [0.1, 0.15) is 11.1 Å². The molecule has 0 radical (unpaired) electrons. The molecule has 0 N–H and O–H groups in total. The number of hydrogen-bond donors (Lipinski definition) is 0. The highest BCUT2D eigenvalue weighted by atomic mass is 79.9. The van der Waals surface area contributed by atoms with Crippen LogP contribution in [-0.2, 0) is 6.42 Å². The van der Waals surface area contributed by atoms with Crippen LogP contribution in [0.3, 0.4) is 0 Å². The molecule has 0 heterocycles. The maximum Gasteiger partial charge on any atom is -0.00258 e. The van der Waals surface area contributed by atoms with E-state index >= 15 is 0 Å². The zero-order chi connectivity index (χ0) is 8.93. The van der Waals surface area contributed by atoms with Crippen LogP contribution in [0.4, 0.5) is 0 Å². The Labute approximate surface area is 95.4 Å². The van der Waals surface area contributed by atoms with E-state index in [0.29, 0.717) is 0 Å². The molecule has 0 saturated carbocycles. The third kappa shape index (κ3) is 3.00. The van der Waals surface area contributed by atoms with Crippen molar-refractivity contribution in [1.82, 2.24) is 0 Å².